The molecule has 0 radical (unpaired) electrons. The molecule has 1 aromatic carbocycles. The molecule has 6 nitrogen and oxygen atoms in total. The summed E-state index contributed by atoms with van der Waals surface area (Å²) in [7, 11) is -3.03. The summed E-state index contributed by atoms with van der Waals surface area (Å²) in [5, 5.41) is 0. The molecule has 2 saturated carbocycles. The van der Waals surface area contributed by atoms with Crippen LogP contribution in [-0.2, 0) is 14.8 Å². The maximum Gasteiger partial charge on any atom is 0.410 e. The number of amides is 1. The number of fused-ring (bicyclic) bond motifs is 1. The smallest absolute Gasteiger partial charge is 0.410 e. The molecule has 2 saturated heterocycles. The highest BCUT2D eigenvalue weighted by Gasteiger charge is 2.71. The van der Waals surface area contributed by atoms with Gasteiger partial charge in [0.05, 0.1) is 11.8 Å². The van der Waals surface area contributed by atoms with Gasteiger partial charge in [-0.05, 0) is 63.9 Å². The van der Waals surface area contributed by atoms with Crippen LogP contribution >= 0.6 is 0 Å². The molecule has 7 heteroatoms. The topological polar surface area (TPSA) is 66.9 Å². The van der Waals surface area contributed by atoms with Crippen molar-refractivity contribution in [2.75, 3.05) is 12.4 Å². The Hall–Kier alpha value is -1.60. The third kappa shape index (κ3) is 3.47. The van der Waals surface area contributed by atoms with Gasteiger partial charge in [0.25, 0.3) is 0 Å². The Kier molecular flexibility index (Phi) is 5.90. The molecule has 4 unspecified atom stereocenters. The predicted octanol–water partition coefficient (Wildman–Crippen LogP) is 4.82. The number of nitrogens with zero attached hydrogens (tertiary/aromatic N) is 2. The van der Waals surface area contributed by atoms with Gasteiger partial charge in [0.1, 0.15) is 6.61 Å². The summed E-state index contributed by atoms with van der Waals surface area (Å²) in [5.41, 5.74) is 1.38. The van der Waals surface area contributed by atoms with Crippen LogP contribution in [0.25, 0.3) is 0 Å². The second-order valence-electron chi connectivity index (χ2n) is 11.0. The quantitative estimate of drug-likeness (QED) is 0.646. The minimum Gasteiger partial charge on any atom is -0.447 e. The standard InChI is InChI=1S/C13H23NO2S.C12H15NO2/c1-9(2)14-11-7-10-5-6-13(11,12(10,3)4)8-17(14,15)16;1-9(2)13-11(8-15-12(13)14)10-6-4-3-5-7-10/h9-11H,5-8H2,1-4H3;3-7,9,11H,8H2,1-2H3. The normalized spacial score (nSPS) is 34.6. The molecule has 4 fully saturated rings. The van der Waals surface area contributed by atoms with Crippen LogP contribution in [0.5, 0.6) is 0 Å². The van der Waals surface area contributed by atoms with Gasteiger partial charge in [-0.3, -0.25) is 4.90 Å². The summed E-state index contributed by atoms with van der Waals surface area (Å²) in [6.07, 6.45) is 3.21. The van der Waals surface area contributed by atoms with E-state index in [1.807, 2.05) is 62.3 Å². The van der Waals surface area contributed by atoms with Crippen molar-refractivity contribution in [2.24, 2.45) is 16.7 Å². The van der Waals surface area contributed by atoms with Gasteiger partial charge in [-0.15, -0.1) is 0 Å². The molecule has 2 heterocycles. The Balaban J connectivity index is 0.000000155. The minimum absolute atomic E-state index is 0.0424. The second kappa shape index (κ2) is 8.01. The van der Waals surface area contributed by atoms with Crippen molar-refractivity contribution in [3.63, 3.8) is 0 Å². The molecule has 178 valence electrons. The van der Waals surface area contributed by atoms with E-state index in [0.717, 1.165) is 24.3 Å². The van der Waals surface area contributed by atoms with E-state index >= 15 is 0 Å². The Morgan fingerprint density at radius 1 is 1.06 bits per heavy atom. The van der Waals surface area contributed by atoms with Crippen LogP contribution in [0.2, 0.25) is 0 Å². The third-order valence-corrected chi connectivity index (χ3v) is 10.8. The fraction of sp³-hybridized carbons (Fsp3) is 0.720. The minimum atomic E-state index is -3.03. The lowest BCUT2D eigenvalue weighted by Gasteiger charge is -2.38. The summed E-state index contributed by atoms with van der Waals surface area (Å²) in [6, 6.07) is 10.6. The fourth-order valence-electron chi connectivity index (χ4n) is 6.94. The molecule has 0 aromatic heterocycles. The zero-order valence-electron chi connectivity index (χ0n) is 20.2. The van der Waals surface area contributed by atoms with Crippen LogP contribution < -0.4 is 0 Å². The average molecular weight is 463 g/mol. The molecule has 32 heavy (non-hydrogen) atoms. The number of cyclic esters (lactones) is 1. The van der Waals surface area contributed by atoms with Crippen molar-refractivity contribution in [3.05, 3.63) is 35.9 Å². The van der Waals surface area contributed by atoms with Crippen LogP contribution in [0.4, 0.5) is 4.79 Å². The molecule has 4 aliphatic rings. The van der Waals surface area contributed by atoms with Crippen molar-refractivity contribution >= 4 is 16.1 Å². The lowest BCUT2D eigenvalue weighted by molar-refractivity contribution is 0.105. The largest absolute Gasteiger partial charge is 0.447 e. The summed E-state index contributed by atoms with van der Waals surface area (Å²) < 4.78 is 31.7. The first kappa shape index (κ1) is 23.6. The van der Waals surface area contributed by atoms with Gasteiger partial charge in [-0.25, -0.2) is 13.2 Å². The van der Waals surface area contributed by atoms with Gasteiger partial charge in [0.15, 0.2) is 0 Å². The van der Waals surface area contributed by atoms with E-state index in [0.29, 0.717) is 12.4 Å². The Bertz CT molecular complexity index is 959. The fourth-order valence-corrected chi connectivity index (χ4v) is 9.76. The Labute approximate surface area is 193 Å². The van der Waals surface area contributed by atoms with E-state index in [9.17, 15) is 13.2 Å². The van der Waals surface area contributed by atoms with E-state index in [4.69, 9.17) is 4.74 Å². The van der Waals surface area contributed by atoms with E-state index < -0.39 is 10.0 Å². The zero-order chi connectivity index (χ0) is 23.5. The van der Waals surface area contributed by atoms with E-state index in [1.165, 1.54) is 6.42 Å². The van der Waals surface area contributed by atoms with Crippen LogP contribution in [0.15, 0.2) is 30.3 Å². The van der Waals surface area contributed by atoms with E-state index in [-0.39, 0.29) is 41.1 Å². The molecule has 1 spiro atoms. The molecular formula is C25H38N2O4S. The van der Waals surface area contributed by atoms with Gasteiger partial charge in [0, 0.05) is 23.5 Å². The van der Waals surface area contributed by atoms with Gasteiger partial charge in [-0.1, -0.05) is 44.2 Å². The van der Waals surface area contributed by atoms with Gasteiger partial charge >= 0.3 is 6.09 Å². The Morgan fingerprint density at radius 3 is 2.28 bits per heavy atom. The number of carbonyl (C=O) groups is 1. The predicted molar refractivity (Wildman–Crippen MR) is 126 cm³/mol. The van der Waals surface area contributed by atoms with E-state index in [1.54, 1.807) is 4.90 Å². The van der Waals surface area contributed by atoms with Crippen molar-refractivity contribution in [3.8, 4) is 0 Å². The number of benzene rings is 1. The monoisotopic (exact) mass is 462 g/mol. The molecule has 2 aliphatic carbocycles. The number of sulfonamides is 1. The number of carbonyl (C=O) groups excluding carboxylic acids is 1. The lowest BCUT2D eigenvalue weighted by atomic mass is 9.69. The first-order valence-corrected chi connectivity index (χ1v) is 13.5. The number of rotatable bonds is 3. The molecular weight excluding hydrogens is 424 g/mol. The maximum atomic E-state index is 12.4. The van der Waals surface area contributed by atoms with Crippen LogP contribution in [0.3, 0.4) is 0 Å². The summed E-state index contributed by atoms with van der Waals surface area (Å²) in [5.74, 6) is 1.12. The summed E-state index contributed by atoms with van der Waals surface area (Å²) >= 11 is 0. The molecule has 2 bridgehead atoms. The van der Waals surface area contributed by atoms with Crippen molar-refractivity contribution < 1.29 is 17.9 Å². The van der Waals surface area contributed by atoms with Crippen LogP contribution in [0.1, 0.15) is 72.4 Å². The van der Waals surface area contributed by atoms with Gasteiger partial charge < -0.3 is 4.74 Å². The highest BCUT2D eigenvalue weighted by molar-refractivity contribution is 7.89. The zero-order valence-corrected chi connectivity index (χ0v) is 21.1. The highest BCUT2D eigenvalue weighted by Crippen LogP contribution is 2.70. The number of ether oxygens (including phenoxy) is 1. The molecule has 0 N–H and O–H groups in total. The highest BCUT2D eigenvalue weighted by atomic mass is 32.2. The third-order valence-electron chi connectivity index (χ3n) is 8.62. The van der Waals surface area contributed by atoms with Crippen LogP contribution in [-0.4, -0.2) is 54.2 Å². The average Bonchev–Trinajstić information content (AvgIpc) is 3.35. The lowest BCUT2D eigenvalue weighted by Crippen LogP contribution is -2.44. The van der Waals surface area contributed by atoms with Gasteiger partial charge in [-0.2, -0.15) is 4.31 Å². The second-order valence-corrected chi connectivity index (χ2v) is 12.9. The number of hydrogen-bond donors (Lipinski definition) is 0. The molecule has 4 atom stereocenters. The van der Waals surface area contributed by atoms with Crippen molar-refractivity contribution in [2.45, 2.75) is 85.0 Å². The van der Waals surface area contributed by atoms with Crippen molar-refractivity contribution in [1.29, 1.82) is 0 Å². The summed E-state index contributed by atoms with van der Waals surface area (Å²) in [4.78, 5) is 13.3. The molecule has 2 aliphatic heterocycles. The first-order valence-electron chi connectivity index (χ1n) is 11.9. The van der Waals surface area contributed by atoms with Crippen LogP contribution in [0, 0.1) is 16.7 Å². The van der Waals surface area contributed by atoms with E-state index in [2.05, 4.69) is 13.8 Å². The first-order chi connectivity index (χ1) is 14.9. The van der Waals surface area contributed by atoms with Crippen molar-refractivity contribution in [1.82, 2.24) is 9.21 Å². The van der Waals surface area contributed by atoms with Gasteiger partial charge in [0.2, 0.25) is 10.0 Å². The summed E-state index contributed by atoms with van der Waals surface area (Å²) in [6.45, 7) is 13.1. The number of hydrogen-bond acceptors (Lipinski definition) is 4. The molecule has 5 rings (SSSR count). The SMILES string of the molecule is CC(C)N1C(=O)OCC1c1ccccc1.CC(C)N1C2CC3CCC2(CS1(=O)=O)C3(C)C. The molecule has 1 aromatic rings. The molecule has 1 amide bonds. The maximum absolute atomic E-state index is 12.4. The Morgan fingerprint density at radius 2 is 1.72 bits per heavy atom.